The number of pyridine rings is 1. The van der Waals surface area contributed by atoms with Gasteiger partial charge in [-0.1, -0.05) is 31.2 Å². The van der Waals surface area contributed by atoms with E-state index in [1.165, 1.54) is 11.1 Å². The van der Waals surface area contributed by atoms with E-state index in [1.54, 1.807) is 12.4 Å². The first-order valence-electron chi connectivity index (χ1n) is 12.5. The van der Waals surface area contributed by atoms with E-state index in [0.29, 0.717) is 19.3 Å². The summed E-state index contributed by atoms with van der Waals surface area (Å²) in [5.74, 6) is -0.0447. The van der Waals surface area contributed by atoms with Crippen molar-refractivity contribution in [3.63, 3.8) is 0 Å². The van der Waals surface area contributed by atoms with Gasteiger partial charge in [-0.2, -0.15) is 0 Å². The average molecular weight is 460 g/mol. The number of aliphatic hydroxyl groups is 3. The molecule has 8 rings (SSSR count). The van der Waals surface area contributed by atoms with Crippen LogP contribution in [0, 0.1) is 11.3 Å². The molecule has 2 bridgehead atoms. The van der Waals surface area contributed by atoms with Gasteiger partial charge in [0.15, 0.2) is 0 Å². The number of rotatable bonds is 1. The van der Waals surface area contributed by atoms with Gasteiger partial charge in [-0.3, -0.25) is 4.98 Å². The molecule has 6 heteroatoms. The Morgan fingerprint density at radius 1 is 1.12 bits per heavy atom. The van der Waals surface area contributed by atoms with Crippen LogP contribution in [0.25, 0.3) is 10.8 Å². The highest BCUT2D eigenvalue weighted by Gasteiger charge is 2.74. The van der Waals surface area contributed by atoms with E-state index in [4.69, 9.17) is 9.47 Å². The minimum absolute atomic E-state index is 0.0358. The summed E-state index contributed by atoms with van der Waals surface area (Å²) in [5, 5.41) is 36.5. The van der Waals surface area contributed by atoms with Crippen molar-refractivity contribution < 1.29 is 24.8 Å². The van der Waals surface area contributed by atoms with Crippen LogP contribution in [0.3, 0.4) is 0 Å². The fraction of sp³-hybridized carbons (Fsp3) is 0.536. The Morgan fingerprint density at radius 3 is 2.88 bits per heavy atom. The topological polar surface area (TPSA) is 95.3 Å². The zero-order chi connectivity index (χ0) is 23.1. The summed E-state index contributed by atoms with van der Waals surface area (Å²) in [5.41, 5.74) is 0.0344. The van der Waals surface area contributed by atoms with Crippen molar-refractivity contribution in [1.29, 1.82) is 0 Å². The summed E-state index contributed by atoms with van der Waals surface area (Å²) >= 11 is 0. The molecule has 3 aliphatic carbocycles. The number of allylic oxidation sites excluding steroid dienone is 1. The average Bonchev–Trinajstić information content (AvgIpc) is 3.54. The summed E-state index contributed by atoms with van der Waals surface area (Å²) in [7, 11) is 0. The number of hydrogen-bond donors (Lipinski definition) is 3. The van der Waals surface area contributed by atoms with Crippen LogP contribution in [0.1, 0.15) is 44.6 Å². The first-order valence-corrected chi connectivity index (χ1v) is 12.5. The van der Waals surface area contributed by atoms with Crippen molar-refractivity contribution in [2.45, 2.75) is 80.2 Å². The minimum Gasteiger partial charge on any atom is -0.390 e. The largest absolute Gasteiger partial charge is 0.390 e. The maximum absolute atomic E-state index is 12.3. The molecule has 34 heavy (non-hydrogen) atoms. The molecule has 2 saturated heterocycles. The van der Waals surface area contributed by atoms with Crippen molar-refractivity contribution in [2.24, 2.45) is 11.3 Å². The predicted octanol–water partition coefficient (Wildman–Crippen LogP) is 2.90. The normalized spacial score (nSPS) is 50.1. The fourth-order valence-electron chi connectivity index (χ4n) is 8.54. The molecule has 0 radical (unpaired) electrons. The lowest BCUT2D eigenvalue weighted by atomic mass is 9.56. The molecule has 0 amide bonds. The quantitative estimate of drug-likeness (QED) is 0.568. The number of nitrogens with zero attached hydrogens (tertiary/aromatic N) is 1. The maximum Gasteiger partial charge on any atom is 0.121 e. The summed E-state index contributed by atoms with van der Waals surface area (Å²) in [6.07, 6.45) is 9.89. The molecule has 3 aliphatic heterocycles. The number of epoxide rings is 1. The molecule has 6 nitrogen and oxygen atoms in total. The zero-order valence-corrected chi connectivity index (χ0v) is 19.1. The number of ether oxygens (including phenoxy) is 2. The highest BCUT2D eigenvalue weighted by molar-refractivity contribution is 5.82. The van der Waals surface area contributed by atoms with E-state index in [-0.39, 0.29) is 18.1 Å². The molecular weight excluding hydrogens is 430 g/mol. The molecule has 3 N–H and O–H groups in total. The van der Waals surface area contributed by atoms with Gasteiger partial charge in [-0.15, -0.1) is 0 Å². The Balaban J connectivity index is 1.27. The van der Waals surface area contributed by atoms with Gasteiger partial charge in [0, 0.05) is 35.5 Å². The summed E-state index contributed by atoms with van der Waals surface area (Å²) in [6, 6.07) is 7.89. The van der Waals surface area contributed by atoms with Crippen molar-refractivity contribution in [1.82, 2.24) is 4.98 Å². The molecule has 1 aromatic carbocycles. The van der Waals surface area contributed by atoms with E-state index >= 15 is 0 Å². The molecule has 1 unspecified atom stereocenters. The van der Waals surface area contributed by atoms with E-state index in [9.17, 15) is 15.3 Å². The summed E-state index contributed by atoms with van der Waals surface area (Å²) in [6.45, 7) is 2.12. The standard InChI is InChI=1S/C28H29NO5/c1-25-6-4-17-11-19-23-24(33-23)20(30)13-26(19)7-8-27(17,34-26)21(25)12-22(31)28(25,32)18-3-2-15-5-9-29-14-16(15)10-18/h2-5,9-11,14,20-24,30-32H,6-8,12-13H2,1H3/t20-,21+,22+,23+,24-,25-,26+,27?,28+/m0/s1. The molecule has 2 aromatic rings. The van der Waals surface area contributed by atoms with Gasteiger partial charge in [0.05, 0.1) is 23.4 Å². The molecule has 6 aliphatic rings. The number of fused-ring (bicyclic) bond motifs is 4. The molecule has 1 aromatic heterocycles. The Bertz CT molecular complexity index is 1320. The van der Waals surface area contributed by atoms with Crippen LogP contribution in [0.4, 0.5) is 0 Å². The smallest absolute Gasteiger partial charge is 0.121 e. The Hall–Kier alpha value is -2.09. The van der Waals surface area contributed by atoms with Crippen LogP contribution in [0.15, 0.2) is 60.0 Å². The zero-order valence-electron chi connectivity index (χ0n) is 19.1. The van der Waals surface area contributed by atoms with Crippen molar-refractivity contribution in [2.75, 3.05) is 0 Å². The molecule has 9 atom stereocenters. The molecule has 4 fully saturated rings. The van der Waals surface area contributed by atoms with E-state index in [0.717, 1.165) is 29.2 Å². The Labute approximate surface area is 197 Å². The molecule has 176 valence electrons. The van der Waals surface area contributed by atoms with Crippen LogP contribution in [0.5, 0.6) is 0 Å². The molecule has 2 saturated carbocycles. The SMILES string of the molecule is C[C@]12CC=C3C=C4[C@H]5O[C@H]5[C@@H](O)C[C@]45CCC3(O5)[C@@H]1C[C@@H](O)[C@]2(O)c1ccc2ccncc2c1. The summed E-state index contributed by atoms with van der Waals surface area (Å²) in [4.78, 5) is 4.25. The van der Waals surface area contributed by atoms with Gasteiger partial charge in [0.25, 0.3) is 0 Å². The maximum atomic E-state index is 12.3. The van der Waals surface area contributed by atoms with Crippen molar-refractivity contribution in [3.8, 4) is 0 Å². The second-order valence-corrected chi connectivity index (χ2v) is 11.7. The third-order valence-corrected chi connectivity index (χ3v) is 10.3. The number of aromatic nitrogens is 1. The van der Waals surface area contributed by atoms with Crippen molar-refractivity contribution in [3.05, 3.63) is 65.5 Å². The van der Waals surface area contributed by atoms with Gasteiger partial charge in [0.1, 0.15) is 17.8 Å². The van der Waals surface area contributed by atoms with Crippen molar-refractivity contribution >= 4 is 10.8 Å². The van der Waals surface area contributed by atoms with Gasteiger partial charge < -0.3 is 24.8 Å². The predicted molar refractivity (Wildman–Crippen MR) is 124 cm³/mol. The molecule has 2 spiro atoms. The lowest BCUT2D eigenvalue weighted by molar-refractivity contribution is -0.176. The number of hydrogen-bond acceptors (Lipinski definition) is 6. The number of aliphatic hydroxyl groups excluding tert-OH is 2. The second-order valence-electron chi connectivity index (χ2n) is 11.7. The third-order valence-electron chi connectivity index (χ3n) is 10.3. The van der Waals surface area contributed by atoms with Crippen LogP contribution >= 0.6 is 0 Å². The summed E-state index contributed by atoms with van der Waals surface area (Å²) < 4.78 is 12.9. The first kappa shape index (κ1) is 20.1. The van der Waals surface area contributed by atoms with Crippen LogP contribution < -0.4 is 0 Å². The molecular formula is C28H29NO5. The van der Waals surface area contributed by atoms with Crippen LogP contribution in [0.2, 0.25) is 0 Å². The fourth-order valence-corrected chi connectivity index (χ4v) is 8.54. The highest BCUT2D eigenvalue weighted by Crippen LogP contribution is 2.71. The first-order chi connectivity index (χ1) is 16.3. The van der Waals surface area contributed by atoms with Crippen LogP contribution in [-0.2, 0) is 15.1 Å². The third kappa shape index (κ3) is 2.11. The molecule has 4 heterocycles. The van der Waals surface area contributed by atoms with Gasteiger partial charge in [-0.05, 0) is 59.9 Å². The number of benzene rings is 1. The Morgan fingerprint density at radius 2 is 2.00 bits per heavy atom. The lowest BCUT2D eigenvalue weighted by Crippen LogP contribution is -2.58. The van der Waals surface area contributed by atoms with E-state index in [1.807, 2.05) is 24.3 Å². The van der Waals surface area contributed by atoms with Gasteiger partial charge in [0.2, 0.25) is 0 Å². The second kappa shape index (κ2) is 6.00. The van der Waals surface area contributed by atoms with Gasteiger partial charge in [-0.25, -0.2) is 0 Å². The van der Waals surface area contributed by atoms with E-state index < -0.39 is 34.4 Å². The van der Waals surface area contributed by atoms with E-state index in [2.05, 4.69) is 24.1 Å². The lowest BCUT2D eigenvalue weighted by Gasteiger charge is -2.55. The minimum atomic E-state index is -1.40. The monoisotopic (exact) mass is 459 g/mol. The highest BCUT2D eigenvalue weighted by atomic mass is 16.6. The Kier molecular flexibility index (Phi) is 3.55. The van der Waals surface area contributed by atoms with Crippen LogP contribution in [-0.4, -0.2) is 55.9 Å². The van der Waals surface area contributed by atoms with Gasteiger partial charge >= 0.3 is 0 Å².